The van der Waals surface area contributed by atoms with Crippen LogP contribution in [0, 0.1) is 5.41 Å². The summed E-state index contributed by atoms with van der Waals surface area (Å²) in [5.41, 5.74) is 0.883. The predicted octanol–water partition coefficient (Wildman–Crippen LogP) is 2.49. The van der Waals surface area contributed by atoms with Gasteiger partial charge < -0.3 is 10.2 Å². The summed E-state index contributed by atoms with van der Waals surface area (Å²) in [5.74, 6) is 0.530. The molecule has 144 valence electrons. The Hall–Kier alpha value is -1.88. The van der Waals surface area contributed by atoms with Gasteiger partial charge in [-0.05, 0) is 18.4 Å². The van der Waals surface area contributed by atoms with Crippen molar-refractivity contribution in [1.82, 2.24) is 15.1 Å². The fraction of sp³-hybridized carbons (Fsp3) is 0.619. The fourth-order valence-corrected chi connectivity index (χ4v) is 3.25. The number of benzene rings is 1. The second kappa shape index (κ2) is 8.67. The van der Waals surface area contributed by atoms with Crippen molar-refractivity contribution in [3.05, 3.63) is 35.9 Å². The fourth-order valence-electron chi connectivity index (χ4n) is 3.25. The first-order chi connectivity index (χ1) is 12.2. The van der Waals surface area contributed by atoms with E-state index in [1.54, 1.807) is 0 Å². The average molecular weight is 360 g/mol. The zero-order valence-corrected chi connectivity index (χ0v) is 16.8. The molecule has 1 saturated heterocycles. The lowest BCUT2D eigenvalue weighted by atomic mass is 9.94. The van der Waals surface area contributed by atoms with Crippen LogP contribution in [0.3, 0.4) is 0 Å². The van der Waals surface area contributed by atoms with E-state index in [4.69, 9.17) is 0 Å². The Morgan fingerprint density at radius 3 is 2.15 bits per heavy atom. The van der Waals surface area contributed by atoms with Crippen molar-refractivity contribution >= 4 is 11.8 Å². The maximum absolute atomic E-state index is 12.5. The largest absolute Gasteiger partial charge is 0.354 e. The summed E-state index contributed by atoms with van der Waals surface area (Å²) in [7, 11) is 0. The van der Waals surface area contributed by atoms with Gasteiger partial charge in [-0.3, -0.25) is 14.5 Å². The van der Waals surface area contributed by atoms with E-state index in [1.807, 2.05) is 50.8 Å². The summed E-state index contributed by atoms with van der Waals surface area (Å²) in [6.45, 7) is 13.4. The number of hydrogen-bond acceptors (Lipinski definition) is 3. The van der Waals surface area contributed by atoms with Crippen LogP contribution in [-0.2, 0) is 9.59 Å². The lowest BCUT2D eigenvalue weighted by molar-refractivity contribution is -0.142. The van der Waals surface area contributed by atoms with Crippen molar-refractivity contribution in [1.29, 1.82) is 0 Å². The smallest absolute Gasteiger partial charge is 0.237 e. The van der Waals surface area contributed by atoms with Crippen molar-refractivity contribution in [2.45, 2.75) is 46.6 Å². The van der Waals surface area contributed by atoms with Crippen LogP contribution in [0.4, 0.5) is 0 Å². The van der Waals surface area contributed by atoms with E-state index in [0.717, 1.165) is 13.1 Å². The lowest BCUT2D eigenvalue weighted by Crippen LogP contribution is -2.56. The zero-order chi connectivity index (χ0) is 19.3. The van der Waals surface area contributed by atoms with Crippen molar-refractivity contribution in [2.75, 3.05) is 32.7 Å². The summed E-state index contributed by atoms with van der Waals surface area (Å²) < 4.78 is 0. The highest BCUT2D eigenvalue weighted by Gasteiger charge is 2.32. The van der Waals surface area contributed by atoms with Crippen molar-refractivity contribution in [3.63, 3.8) is 0 Å². The van der Waals surface area contributed by atoms with Crippen molar-refractivity contribution < 1.29 is 9.59 Å². The normalized spacial score (nSPS) is 18.3. The third-order valence-corrected chi connectivity index (χ3v) is 5.12. The highest BCUT2D eigenvalue weighted by molar-refractivity contribution is 5.82. The van der Waals surface area contributed by atoms with E-state index in [-0.39, 0.29) is 29.2 Å². The van der Waals surface area contributed by atoms with E-state index in [0.29, 0.717) is 19.6 Å². The Kier molecular flexibility index (Phi) is 6.81. The van der Waals surface area contributed by atoms with Crippen LogP contribution >= 0.6 is 0 Å². The molecule has 1 aromatic rings. The first-order valence-corrected chi connectivity index (χ1v) is 9.56. The van der Waals surface area contributed by atoms with Crippen LogP contribution in [0.1, 0.15) is 46.1 Å². The van der Waals surface area contributed by atoms with Crippen LogP contribution in [0.5, 0.6) is 0 Å². The molecule has 2 unspecified atom stereocenters. The van der Waals surface area contributed by atoms with Gasteiger partial charge in [0, 0.05) is 38.1 Å². The maximum Gasteiger partial charge on any atom is 0.237 e. The van der Waals surface area contributed by atoms with Gasteiger partial charge in [0.2, 0.25) is 11.8 Å². The summed E-state index contributed by atoms with van der Waals surface area (Å²) in [5, 5.41) is 3.08. The van der Waals surface area contributed by atoms with Gasteiger partial charge in [0.1, 0.15) is 0 Å². The maximum atomic E-state index is 12.5. The number of piperazine rings is 1. The number of rotatable bonds is 5. The lowest BCUT2D eigenvalue weighted by Gasteiger charge is -2.39. The molecule has 1 heterocycles. The molecule has 1 N–H and O–H groups in total. The molecular weight excluding hydrogens is 326 g/mol. The molecule has 0 spiro atoms. The van der Waals surface area contributed by atoms with Gasteiger partial charge in [0.25, 0.3) is 0 Å². The molecule has 1 aromatic carbocycles. The first kappa shape index (κ1) is 20.4. The Morgan fingerprint density at radius 1 is 1.04 bits per heavy atom. The summed E-state index contributed by atoms with van der Waals surface area (Å²) in [4.78, 5) is 29.0. The third-order valence-electron chi connectivity index (χ3n) is 5.12. The van der Waals surface area contributed by atoms with Crippen LogP contribution in [-0.4, -0.2) is 60.4 Å². The van der Waals surface area contributed by atoms with Crippen molar-refractivity contribution in [2.24, 2.45) is 5.41 Å². The molecule has 1 aliphatic rings. The van der Waals surface area contributed by atoms with Crippen LogP contribution in [0.15, 0.2) is 30.3 Å². The standard InChI is InChI=1S/C21H33N3O2/c1-16(18-9-7-6-8-10-18)15-22-19(25)17(2)23-11-13-24(14-12-23)20(26)21(3,4)5/h6-10,16-17H,11-15H2,1-5H3,(H,22,25). The molecule has 5 nitrogen and oxygen atoms in total. The van der Waals surface area contributed by atoms with E-state index in [2.05, 4.69) is 29.3 Å². The number of amides is 2. The molecule has 26 heavy (non-hydrogen) atoms. The molecule has 0 radical (unpaired) electrons. The Labute approximate surface area is 157 Å². The molecule has 0 aliphatic carbocycles. The second-order valence-electron chi connectivity index (χ2n) is 8.31. The van der Waals surface area contributed by atoms with Gasteiger partial charge in [-0.25, -0.2) is 0 Å². The Balaban J connectivity index is 1.79. The van der Waals surface area contributed by atoms with Gasteiger partial charge >= 0.3 is 0 Å². The van der Waals surface area contributed by atoms with Gasteiger partial charge in [-0.15, -0.1) is 0 Å². The highest BCUT2D eigenvalue weighted by atomic mass is 16.2. The average Bonchev–Trinajstić information content (AvgIpc) is 2.64. The number of nitrogens with one attached hydrogen (secondary N) is 1. The third kappa shape index (κ3) is 5.31. The molecule has 2 amide bonds. The molecule has 1 fully saturated rings. The van der Waals surface area contributed by atoms with Crippen LogP contribution < -0.4 is 5.32 Å². The molecule has 0 aromatic heterocycles. The predicted molar refractivity (Wildman–Crippen MR) is 105 cm³/mol. The minimum Gasteiger partial charge on any atom is -0.354 e. The second-order valence-corrected chi connectivity index (χ2v) is 8.31. The topological polar surface area (TPSA) is 52.7 Å². The Morgan fingerprint density at radius 2 is 1.62 bits per heavy atom. The van der Waals surface area contributed by atoms with Gasteiger partial charge in [0.05, 0.1) is 6.04 Å². The monoisotopic (exact) mass is 359 g/mol. The summed E-state index contributed by atoms with van der Waals surface area (Å²) in [6, 6.07) is 10.0. The molecule has 5 heteroatoms. The van der Waals surface area contributed by atoms with Gasteiger partial charge in [0.15, 0.2) is 0 Å². The molecule has 2 atom stereocenters. The molecule has 1 aliphatic heterocycles. The van der Waals surface area contributed by atoms with Crippen LogP contribution in [0.25, 0.3) is 0 Å². The number of carbonyl (C=O) groups is 2. The Bertz CT molecular complexity index is 601. The van der Waals surface area contributed by atoms with E-state index in [1.165, 1.54) is 5.56 Å². The minimum absolute atomic E-state index is 0.0587. The first-order valence-electron chi connectivity index (χ1n) is 9.56. The molecule has 2 rings (SSSR count). The van der Waals surface area contributed by atoms with E-state index in [9.17, 15) is 9.59 Å². The van der Waals surface area contributed by atoms with Crippen LogP contribution in [0.2, 0.25) is 0 Å². The van der Waals surface area contributed by atoms with E-state index < -0.39 is 0 Å². The number of nitrogens with zero attached hydrogens (tertiary/aromatic N) is 2. The highest BCUT2D eigenvalue weighted by Crippen LogP contribution is 2.19. The number of carbonyl (C=O) groups excluding carboxylic acids is 2. The van der Waals surface area contributed by atoms with Gasteiger partial charge in [-0.1, -0.05) is 58.0 Å². The SMILES string of the molecule is CC(CNC(=O)C(C)N1CCN(C(=O)C(C)(C)C)CC1)c1ccccc1. The summed E-state index contributed by atoms with van der Waals surface area (Å²) >= 11 is 0. The molecule has 0 saturated carbocycles. The minimum atomic E-state index is -0.348. The van der Waals surface area contributed by atoms with Gasteiger partial charge in [-0.2, -0.15) is 0 Å². The molecule has 0 bridgehead atoms. The van der Waals surface area contributed by atoms with E-state index >= 15 is 0 Å². The van der Waals surface area contributed by atoms with Crippen molar-refractivity contribution in [3.8, 4) is 0 Å². The molecular formula is C21H33N3O2. The summed E-state index contributed by atoms with van der Waals surface area (Å²) in [6.07, 6.45) is 0. The zero-order valence-electron chi connectivity index (χ0n) is 16.8. The number of hydrogen-bond donors (Lipinski definition) is 1. The quantitative estimate of drug-likeness (QED) is 0.879.